The van der Waals surface area contributed by atoms with Crippen LogP contribution >= 0.6 is 11.6 Å². The first-order chi connectivity index (χ1) is 6.65. The molecule has 0 saturated carbocycles. The Bertz CT molecular complexity index is 341. The van der Waals surface area contributed by atoms with E-state index in [0.717, 1.165) is 5.56 Å². The fourth-order valence-electron chi connectivity index (χ4n) is 1.14. The molecule has 0 saturated heterocycles. The first-order valence-corrected chi connectivity index (χ1v) is 4.56. The molecule has 0 unspecified atom stereocenters. The third-order valence-corrected chi connectivity index (χ3v) is 2.15. The van der Waals surface area contributed by atoms with Gasteiger partial charge in [-0.3, -0.25) is 10.1 Å². The number of benzene rings is 1. The van der Waals surface area contributed by atoms with Gasteiger partial charge in [0.25, 0.3) is 5.69 Å². The minimum Gasteiger partial charge on any atom is -0.396 e. The molecule has 1 N–H and O–H groups in total. The third-order valence-electron chi connectivity index (χ3n) is 1.83. The highest BCUT2D eigenvalue weighted by atomic mass is 35.5. The van der Waals surface area contributed by atoms with Crippen molar-refractivity contribution in [3.8, 4) is 0 Å². The summed E-state index contributed by atoms with van der Waals surface area (Å²) in [6.45, 7) is 0.0798. The molecule has 1 aromatic carbocycles. The summed E-state index contributed by atoms with van der Waals surface area (Å²) < 4.78 is 0. The number of aryl methyl sites for hydroxylation is 1. The highest BCUT2D eigenvalue weighted by molar-refractivity contribution is 6.32. The Morgan fingerprint density at radius 2 is 2.21 bits per heavy atom. The van der Waals surface area contributed by atoms with E-state index >= 15 is 0 Å². The average Bonchev–Trinajstić information content (AvgIpc) is 2.16. The maximum absolute atomic E-state index is 10.5. The zero-order valence-electron chi connectivity index (χ0n) is 7.44. The van der Waals surface area contributed by atoms with Crippen LogP contribution in [0.4, 0.5) is 5.69 Å². The molecule has 0 bridgehead atoms. The molecule has 1 aromatic rings. The zero-order chi connectivity index (χ0) is 10.6. The Balaban J connectivity index is 2.89. The largest absolute Gasteiger partial charge is 0.396 e. The van der Waals surface area contributed by atoms with Crippen molar-refractivity contribution in [3.05, 3.63) is 38.9 Å². The van der Waals surface area contributed by atoms with Crippen molar-refractivity contribution in [3.63, 3.8) is 0 Å². The van der Waals surface area contributed by atoms with Crippen LogP contribution in [0.1, 0.15) is 12.0 Å². The molecule has 5 heteroatoms. The van der Waals surface area contributed by atoms with Crippen molar-refractivity contribution >= 4 is 17.3 Å². The number of nitro groups is 1. The van der Waals surface area contributed by atoms with E-state index in [1.54, 1.807) is 6.07 Å². The fraction of sp³-hybridized carbons (Fsp3) is 0.333. The second kappa shape index (κ2) is 4.93. The maximum atomic E-state index is 10.5. The predicted octanol–water partition coefficient (Wildman–Crippen LogP) is 2.17. The quantitative estimate of drug-likeness (QED) is 0.619. The van der Waals surface area contributed by atoms with E-state index in [2.05, 4.69) is 0 Å². The topological polar surface area (TPSA) is 63.4 Å². The highest BCUT2D eigenvalue weighted by Gasteiger charge is 2.12. The van der Waals surface area contributed by atoms with Crippen molar-refractivity contribution in [1.29, 1.82) is 0 Å². The fourth-order valence-corrected chi connectivity index (χ4v) is 1.32. The summed E-state index contributed by atoms with van der Waals surface area (Å²) in [6.07, 6.45) is 1.22. The van der Waals surface area contributed by atoms with Gasteiger partial charge in [-0.25, -0.2) is 0 Å². The van der Waals surface area contributed by atoms with Crippen molar-refractivity contribution in [1.82, 2.24) is 0 Å². The maximum Gasteiger partial charge on any atom is 0.288 e. The van der Waals surface area contributed by atoms with Gasteiger partial charge >= 0.3 is 0 Å². The molecule has 0 amide bonds. The van der Waals surface area contributed by atoms with Gasteiger partial charge in [0.05, 0.1) is 4.92 Å². The molecule has 0 heterocycles. The molecule has 0 spiro atoms. The van der Waals surface area contributed by atoms with Gasteiger partial charge < -0.3 is 5.11 Å². The number of rotatable bonds is 4. The monoisotopic (exact) mass is 215 g/mol. The normalized spacial score (nSPS) is 10.1. The summed E-state index contributed by atoms with van der Waals surface area (Å²) in [6, 6.07) is 4.68. The number of nitro benzene ring substituents is 1. The molecule has 0 aliphatic heterocycles. The number of hydrogen-bond donors (Lipinski definition) is 1. The van der Waals surface area contributed by atoms with Crippen molar-refractivity contribution in [2.75, 3.05) is 6.61 Å². The number of nitrogens with zero attached hydrogens (tertiary/aromatic N) is 1. The van der Waals surface area contributed by atoms with Crippen LogP contribution in [0.2, 0.25) is 5.02 Å². The van der Waals surface area contributed by atoms with Crippen LogP contribution in [0.5, 0.6) is 0 Å². The molecule has 0 aliphatic rings. The molecule has 76 valence electrons. The summed E-state index contributed by atoms with van der Waals surface area (Å²) in [5.41, 5.74) is 0.734. The molecule has 0 fully saturated rings. The van der Waals surface area contributed by atoms with E-state index in [1.165, 1.54) is 12.1 Å². The summed E-state index contributed by atoms with van der Waals surface area (Å²) in [7, 11) is 0. The predicted molar refractivity (Wildman–Crippen MR) is 53.5 cm³/mol. The number of halogens is 1. The zero-order valence-corrected chi connectivity index (χ0v) is 8.20. The Hall–Kier alpha value is -1.13. The lowest BCUT2D eigenvalue weighted by molar-refractivity contribution is -0.384. The van der Waals surface area contributed by atoms with Crippen LogP contribution < -0.4 is 0 Å². The van der Waals surface area contributed by atoms with E-state index in [-0.39, 0.29) is 17.3 Å². The molecule has 14 heavy (non-hydrogen) atoms. The van der Waals surface area contributed by atoms with Crippen LogP contribution in [0.15, 0.2) is 18.2 Å². The Kier molecular flexibility index (Phi) is 3.85. The van der Waals surface area contributed by atoms with E-state index < -0.39 is 4.92 Å². The van der Waals surface area contributed by atoms with Crippen LogP contribution in [-0.2, 0) is 6.42 Å². The number of aliphatic hydroxyl groups excluding tert-OH is 1. The molecule has 0 aromatic heterocycles. The first-order valence-electron chi connectivity index (χ1n) is 4.19. The molecule has 1 rings (SSSR count). The van der Waals surface area contributed by atoms with E-state index in [0.29, 0.717) is 12.8 Å². The molecule has 4 nitrogen and oxygen atoms in total. The van der Waals surface area contributed by atoms with E-state index in [1.807, 2.05) is 0 Å². The Morgan fingerprint density at radius 3 is 2.79 bits per heavy atom. The number of hydrogen-bond acceptors (Lipinski definition) is 3. The van der Waals surface area contributed by atoms with Crippen LogP contribution in [0.25, 0.3) is 0 Å². The second-order valence-electron chi connectivity index (χ2n) is 2.87. The third kappa shape index (κ3) is 2.68. The lowest BCUT2D eigenvalue weighted by atomic mass is 10.1. The number of aliphatic hydroxyl groups is 1. The summed E-state index contributed by atoms with van der Waals surface area (Å²) >= 11 is 5.63. The lowest BCUT2D eigenvalue weighted by Gasteiger charge is -2.00. The minimum atomic E-state index is -0.509. The lowest BCUT2D eigenvalue weighted by Crippen LogP contribution is -1.93. The van der Waals surface area contributed by atoms with Crippen molar-refractivity contribution < 1.29 is 10.0 Å². The molecule has 0 radical (unpaired) electrons. The molecule has 0 atom stereocenters. The summed E-state index contributed by atoms with van der Waals surface area (Å²) in [5.74, 6) is 0. The first kappa shape index (κ1) is 10.9. The van der Waals surface area contributed by atoms with Gasteiger partial charge in [0.15, 0.2) is 0 Å². The highest BCUT2D eigenvalue weighted by Crippen LogP contribution is 2.25. The van der Waals surface area contributed by atoms with Gasteiger partial charge in [-0.05, 0) is 24.5 Å². The Labute approximate surface area is 86.3 Å². The van der Waals surface area contributed by atoms with Gasteiger partial charge in [0.2, 0.25) is 0 Å². The summed E-state index contributed by atoms with van der Waals surface area (Å²) in [5, 5.41) is 19.3. The molecular formula is C9H10ClNO3. The van der Waals surface area contributed by atoms with Crippen LogP contribution in [-0.4, -0.2) is 16.6 Å². The second-order valence-corrected chi connectivity index (χ2v) is 3.28. The van der Waals surface area contributed by atoms with E-state index in [9.17, 15) is 10.1 Å². The van der Waals surface area contributed by atoms with Crippen LogP contribution in [0.3, 0.4) is 0 Å². The molecule has 0 aliphatic carbocycles. The smallest absolute Gasteiger partial charge is 0.288 e. The van der Waals surface area contributed by atoms with E-state index in [4.69, 9.17) is 16.7 Å². The van der Waals surface area contributed by atoms with Gasteiger partial charge in [-0.1, -0.05) is 17.7 Å². The van der Waals surface area contributed by atoms with Crippen LogP contribution in [0, 0.1) is 10.1 Å². The standard InChI is InChI=1S/C9H10ClNO3/c10-8-4-3-7(2-1-5-12)6-9(8)11(13)14/h3-4,6,12H,1-2,5H2. The SMILES string of the molecule is O=[N+]([O-])c1cc(CCCO)ccc1Cl. The van der Waals surface area contributed by atoms with Gasteiger partial charge in [0.1, 0.15) is 5.02 Å². The minimum absolute atomic E-state index is 0.0798. The average molecular weight is 216 g/mol. The van der Waals surface area contributed by atoms with Gasteiger partial charge in [-0.2, -0.15) is 0 Å². The summed E-state index contributed by atoms with van der Waals surface area (Å²) in [4.78, 5) is 10.0. The van der Waals surface area contributed by atoms with Crippen molar-refractivity contribution in [2.24, 2.45) is 0 Å². The van der Waals surface area contributed by atoms with Gasteiger partial charge in [-0.15, -0.1) is 0 Å². The Morgan fingerprint density at radius 1 is 1.50 bits per heavy atom. The van der Waals surface area contributed by atoms with Gasteiger partial charge in [0, 0.05) is 12.7 Å². The van der Waals surface area contributed by atoms with Crippen molar-refractivity contribution in [2.45, 2.75) is 12.8 Å². The molecular weight excluding hydrogens is 206 g/mol.